The predicted molar refractivity (Wildman–Crippen MR) is 68.6 cm³/mol. The largest absolute Gasteiger partial charge is 0.479 e. The Labute approximate surface area is 110 Å². The Hall–Kier alpha value is -0.840. The van der Waals surface area contributed by atoms with Gasteiger partial charge in [-0.25, -0.2) is 0 Å². The molecule has 5 heteroatoms. The van der Waals surface area contributed by atoms with Gasteiger partial charge in [0.05, 0.1) is 0 Å². The highest BCUT2D eigenvalue weighted by atomic mass is 32.2. The molecule has 0 aliphatic carbocycles. The molecule has 0 heterocycles. The lowest BCUT2D eigenvalue weighted by atomic mass is 9.86. The molecule has 0 radical (unpaired) electrons. The summed E-state index contributed by atoms with van der Waals surface area (Å²) in [6, 6.07) is 5.04. The van der Waals surface area contributed by atoms with Crippen molar-refractivity contribution >= 4 is 12.0 Å². The van der Waals surface area contributed by atoms with Crippen molar-refractivity contribution in [3.63, 3.8) is 0 Å². The quantitative estimate of drug-likeness (QED) is 0.709. The zero-order chi connectivity index (χ0) is 14.0. The maximum atomic E-state index is 12.0. The van der Waals surface area contributed by atoms with E-state index in [-0.39, 0.29) is 11.2 Å². The van der Waals surface area contributed by atoms with Crippen LogP contribution < -0.4 is 4.18 Å². The monoisotopic (exact) mass is 278 g/mol. The maximum Gasteiger partial charge on any atom is 0.479 e. The molecule has 0 saturated carbocycles. The minimum absolute atomic E-state index is 0.147. The molecule has 0 N–H and O–H groups in total. The lowest BCUT2D eigenvalue weighted by Gasteiger charge is -2.20. The zero-order valence-electron chi connectivity index (χ0n) is 10.9. The molecule has 0 atom stereocenters. The molecule has 0 aromatic heterocycles. The molecule has 1 aromatic carbocycles. The van der Waals surface area contributed by atoms with Crippen LogP contribution in [0.15, 0.2) is 18.2 Å². The van der Waals surface area contributed by atoms with Crippen LogP contribution in [0.4, 0.5) is 13.2 Å². The average molecular weight is 278 g/mol. The van der Waals surface area contributed by atoms with Crippen LogP contribution in [0.25, 0.3) is 0 Å². The van der Waals surface area contributed by atoms with E-state index in [9.17, 15) is 13.2 Å². The maximum absolute atomic E-state index is 12.0. The van der Waals surface area contributed by atoms with Crippen molar-refractivity contribution < 1.29 is 17.4 Å². The molecule has 18 heavy (non-hydrogen) atoms. The number of benzene rings is 1. The third-order valence-electron chi connectivity index (χ3n) is 2.27. The van der Waals surface area contributed by atoms with E-state index >= 15 is 0 Å². The molecule has 0 bridgehead atoms. The van der Waals surface area contributed by atoms with Gasteiger partial charge in [0.2, 0.25) is 0 Å². The van der Waals surface area contributed by atoms with Gasteiger partial charge in [-0.3, -0.25) is 0 Å². The van der Waals surface area contributed by atoms with Gasteiger partial charge in [0.1, 0.15) is 5.75 Å². The number of alkyl halides is 3. The van der Waals surface area contributed by atoms with Crippen molar-refractivity contribution in [2.24, 2.45) is 5.41 Å². The summed E-state index contributed by atoms with van der Waals surface area (Å²) in [6.07, 6.45) is 0.880. The molecular weight excluding hydrogens is 261 g/mol. The zero-order valence-corrected chi connectivity index (χ0v) is 11.7. The summed E-state index contributed by atoms with van der Waals surface area (Å²) in [4.78, 5) is 0. The van der Waals surface area contributed by atoms with Crippen LogP contribution >= 0.6 is 12.0 Å². The summed E-state index contributed by atoms with van der Waals surface area (Å²) in [6.45, 7) is 8.25. The first-order valence-electron chi connectivity index (χ1n) is 5.59. The van der Waals surface area contributed by atoms with Crippen LogP contribution in [-0.4, -0.2) is 5.51 Å². The van der Waals surface area contributed by atoms with Crippen molar-refractivity contribution in [2.45, 2.75) is 39.6 Å². The van der Waals surface area contributed by atoms with Crippen LogP contribution in [0.5, 0.6) is 5.75 Å². The Balaban J connectivity index is 2.74. The first kappa shape index (κ1) is 15.2. The van der Waals surface area contributed by atoms with Crippen molar-refractivity contribution in [2.75, 3.05) is 0 Å². The van der Waals surface area contributed by atoms with Crippen molar-refractivity contribution in [3.8, 4) is 5.75 Å². The minimum atomic E-state index is -4.38. The number of hydrogen-bond acceptors (Lipinski definition) is 2. The van der Waals surface area contributed by atoms with Gasteiger partial charge in [-0.05, 0) is 42.0 Å². The molecule has 0 amide bonds. The molecule has 1 aromatic rings. The summed E-state index contributed by atoms with van der Waals surface area (Å²) in [5.74, 6) is 0.229. The summed E-state index contributed by atoms with van der Waals surface area (Å²) in [5, 5.41) is 0. The second kappa shape index (κ2) is 5.43. The van der Waals surface area contributed by atoms with Crippen molar-refractivity contribution in [1.82, 2.24) is 0 Å². The third-order valence-corrected chi connectivity index (χ3v) is 2.73. The smallest absolute Gasteiger partial charge is 0.417 e. The lowest BCUT2D eigenvalue weighted by molar-refractivity contribution is -0.0369. The van der Waals surface area contributed by atoms with Gasteiger partial charge in [-0.1, -0.05) is 26.8 Å². The number of aryl methyl sites for hydroxylation is 1. The molecule has 0 aliphatic heterocycles. The van der Waals surface area contributed by atoms with E-state index in [1.807, 2.05) is 13.0 Å². The van der Waals surface area contributed by atoms with E-state index < -0.39 is 17.6 Å². The fraction of sp³-hybridized carbons (Fsp3) is 0.538. The van der Waals surface area contributed by atoms with Crippen LogP contribution in [0.3, 0.4) is 0 Å². The molecular formula is C13H17F3OS. The first-order chi connectivity index (χ1) is 8.07. The molecule has 1 nitrogen and oxygen atoms in total. The molecule has 0 saturated heterocycles. The first-order valence-corrected chi connectivity index (χ1v) is 6.33. The SMILES string of the molecule is Cc1cc(OSC(F)(F)F)ccc1CC(C)(C)C. The second-order valence-electron chi connectivity index (χ2n) is 5.44. The number of halogens is 3. The van der Waals surface area contributed by atoms with E-state index in [1.165, 1.54) is 0 Å². The van der Waals surface area contributed by atoms with Crippen molar-refractivity contribution in [1.29, 1.82) is 0 Å². The van der Waals surface area contributed by atoms with E-state index in [0.29, 0.717) is 0 Å². The lowest BCUT2D eigenvalue weighted by Crippen LogP contribution is -2.10. The fourth-order valence-electron chi connectivity index (χ4n) is 1.59. The Bertz CT molecular complexity index is 408. The van der Waals surface area contributed by atoms with Crippen molar-refractivity contribution in [3.05, 3.63) is 29.3 Å². The van der Waals surface area contributed by atoms with E-state index in [0.717, 1.165) is 17.5 Å². The highest BCUT2D eigenvalue weighted by molar-refractivity contribution is 7.95. The van der Waals surface area contributed by atoms with Gasteiger partial charge in [-0.15, -0.1) is 0 Å². The highest BCUT2D eigenvalue weighted by Gasteiger charge is 2.31. The number of hydrogen-bond donors (Lipinski definition) is 0. The fourth-order valence-corrected chi connectivity index (χ4v) is 1.88. The summed E-state index contributed by atoms with van der Waals surface area (Å²) < 4.78 is 40.6. The van der Waals surface area contributed by atoms with Gasteiger partial charge >= 0.3 is 5.51 Å². The molecule has 0 spiro atoms. The van der Waals surface area contributed by atoms with Crippen LogP contribution in [0.1, 0.15) is 31.9 Å². The van der Waals surface area contributed by atoms with Crippen LogP contribution in [-0.2, 0) is 6.42 Å². The van der Waals surface area contributed by atoms with Crippen LogP contribution in [0, 0.1) is 12.3 Å². The van der Waals surface area contributed by atoms with Crippen LogP contribution in [0.2, 0.25) is 0 Å². The molecule has 0 fully saturated rings. The Morgan fingerprint density at radius 1 is 1.17 bits per heavy atom. The molecule has 0 aliphatic rings. The van der Waals surface area contributed by atoms with Gasteiger partial charge in [0.15, 0.2) is 12.0 Å². The Morgan fingerprint density at radius 2 is 1.78 bits per heavy atom. The standard InChI is InChI=1S/C13H17F3OS/c1-9-7-11(17-18-13(14,15)16)6-5-10(9)8-12(2,3)4/h5-7H,8H2,1-4H3. The highest BCUT2D eigenvalue weighted by Crippen LogP contribution is 2.33. The minimum Gasteiger partial charge on any atom is -0.417 e. The van der Waals surface area contributed by atoms with E-state index in [4.69, 9.17) is 0 Å². The normalized spacial score (nSPS) is 12.6. The summed E-state index contributed by atoms with van der Waals surface area (Å²) in [7, 11) is 0. The average Bonchev–Trinajstić information content (AvgIpc) is 2.15. The second-order valence-corrected chi connectivity index (χ2v) is 6.23. The van der Waals surface area contributed by atoms with Gasteiger partial charge in [-0.2, -0.15) is 13.2 Å². The summed E-state index contributed by atoms with van der Waals surface area (Å²) >= 11 is -0.486. The van der Waals surface area contributed by atoms with Gasteiger partial charge < -0.3 is 4.18 Å². The number of rotatable bonds is 3. The Kier molecular flexibility index (Phi) is 4.59. The predicted octanol–water partition coefficient (Wildman–Crippen LogP) is 5.13. The van der Waals surface area contributed by atoms with E-state index in [2.05, 4.69) is 25.0 Å². The Morgan fingerprint density at radius 3 is 2.22 bits per heavy atom. The summed E-state index contributed by atoms with van der Waals surface area (Å²) in [5.41, 5.74) is -2.15. The topological polar surface area (TPSA) is 9.23 Å². The molecule has 1 rings (SSSR count). The molecule has 0 unspecified atom stereocenters. The van der Waals surface area contributed by atoms with Gasteiger partial charge in [0, 0.05) is 0 Å². The van der Waals surface area contributed by atoms with E-state index in [1.54, 1.807) is 12.1 Å². The third kappa shape index (κ3) is 5.67. The molecule has 102 valence electrons. The van der Waals surface area contributed by atoms with Gasteiger partial charge in [0.25, 0.3) is 0 Å².